The van der Waals surface area contributed by atoms with Crippen molar-refractivity contribution in [3.8, 4) is 5.75 Å². The Hall–Kier alpha value is -2.02. The van der Waals surface area contributed by atoms with E-state index in [2.05, 4.69) is 4.98 Å². The topological polar surface area (TPSA) is 148 Å². The van der Waals surface area contributed by atoms with Crippen molar-refractivity contribution < 1.29 is 37.5 Å². The predicted molar refractivity (Wildman–Crippen MR) is 104 cm³/mol. The van der Waals surface area contributed by atoms with Gasteiger partial charge >= 0.3 is 13.5 Å². The second kappa shape index (κ2) is 8.85. The van der Waals surface area contributed by atoms with E-state index in [4.69, 9.17) is 39.6 Å². The van der Waals surface area contributed by atoms with Crippen molar-refractivity contribution in [3.05, 3.63) is 62.4 Å². The summed E-state index contributed by atoms with van der Waals surface area (Å²) in [4.78, 5) is 35.7. The van der Waals surface area contributed by atoms with Crippen molar-refractivity contribution in [2.24, 2.45) is 0 Å². The molecule has 0 saturated carbocycles. The lowest BCUT2D eigenvalue weighted by Crippen LogP contribution is -2.36. The molecule has 2 fully saturated rings. The van der Waals surface area contributed by atoms with Crippen LogP contribution in [0.2, 0.25) is 5.02 Å². The number of hydrogen-bond donors (Lipinski definition) is 2. The van der Waals surface area contributed by atoms with E-state index in [1.165, 1.54) is 37.6 Å². The second-order valence-corrected chi connectivity index (χ2v) is 8.43. The number of aromatic nitrogens is 2. The van der Waals surface area contributed by atoms with Gasteiger partial charge in [-0.15, -0.1) is 0 Å². The lowest BCUT2D eigenvalue weighted by Gasteiger charge is -2.21. The molecule has 31 heavy (non-hydrogen) atoms. The predicted octanol–water partition coefficient (Wildman–Crippen LogP) is 0.997. The number of phosphoric ester groups is 1. The van der Waals surface area contributed by atoms with E-state index in [1.807, 2.05) is 0 Å². The molecule has 2 unspecified atom stereocenters. The van der Waals surface area contributed by atoms with Crippen LogP contribution >= 0.6 is 19.4 Å². The highest BCUT2D eigenvalue weighted by Crippen LogP contribution is 2.46. The third-order valence-electron chi connectivity index (χ3n) is 4.58. The van der Waals surface area contributed by atoms with Gasteiger partial charge in [0.25, 0.3) is 12.0 Å². The van der Waals surface area contributed by atoms with Crippen LogP contribution in [0.1, 0.15) is 6.23 Å². The molecule has 2 N–H and O–H groups in total. The minimum Gasteiger partial charge on any atom is -0.404 e. The molecule has 0 radical (unpaired) electrons. The number of nitrogens with one attached hydrogen (secondary N) is 1. The lowest BCUT2D eigenvalue weighted by molar-refractivity contribution is -0.256. The fourth-order valence-corrected chi connectivity index (χ4v) is 4.13. The van der Waals surface area contributed by atoms with Crippen LogP contribution in [0, 0.1) is 0 Å². The molecule has 6 atom stereocenters. The molecule has 3 heterocycles. The maximum atomic E-state index is 12.3. The van der Waals surface area contributed by atoms with Gasteiger partial charge < -0.3 is 23.5 Å². The molecular weight excluding hydrogens is 459 g/mol. The van der Waals surface area contributed by atoms with Gasteiger partial charge in [-0.25, -0.2) is 9.36 Å². The number of ether oxygens (including phenoxy) is 4. The number of halogens is 1. The summed E-state index contributed by atoms with van der Waals surface area (Å²) in [5, 5.41) is 0.432. The molecule has 2 aromatic rings. The number of fused-ring (bicyclic) bond motifs is 1. The number of rotatable bonds is 7. The second-order valence-electron chi connectivity index (χ2n) is 6.62. The van der Waals surface area contributed by atoms with Crippen LogP contribution in [-0.4, -0.2) is 52.9 Å². The number of phosphoric acid groups is 1. The first-order valence-electron chi connectivity index (χ1n) is 8.99. The first-order chi connectivity index (χ1) is 14.8. The zero-order chi connectivity index (χ0) is 22.2. The summed E-state index contributed by atoms with van der Waals surface area (Å²) in [7, 11) is -3.15. The monoisotopic (exact) mass is 476 g/mol. The number of benzene rings is 1. The van der Waals surface area contributed by atoms with Crippen LogP contribution in [0.25, 0.3) is 0 Å². The Balaban J connectivity index is 1.48. The molecule has 2 aliphatic rings. The minimum atomic E-state index is -4.52. The van der Waals surface area contributed by atoms with Crippen molar-refractivity contribution in [2.75, 3.05) is 13.7 Å². The van der Waals surface area contributed by atoms with Gasteiger partial charge in [-0.3, -0.25) is 23.8 Å². The molecule has 0 spiro atoms. The Morgan fingerprint density at radius 1 is 1.16 bits per heavy atom. The largest absolute Gasteiger partial charge is 0.527 e. The Morgan fingerprint density at radius 3 is 2.55 bits per heavy atom. The van der Waals surface area contributed by atoms with Gasteiger partial charge in [-0.2, -0.15) is 0 Å². The Bertz CT molecular complexity index is 1090. The lowest BCUT2D eigenvalue weighted by atomic mass is 10.1. The van der Waals surface area contributed by atoms with Crippen LogP contribution in [0.4, 0.5) is 0 Å². The summed E-state index contributed by atoms with van der Waals surface area (Å²) in [6.07, 6.45) is -2.26. The molecule has 0 amide bonds. The fraction of sp³-hybridized carbons (Fsp3) is 0.412. The number of H-pyrrole nitrogens is 1. The molecule has 168 valence electrons. The van der Waals surface area contributed by atoms with Crippen LogP contribution in [0.5, 0.6) is 5.75 Å². The standard InChI is InChI=1S/C17H18ClN2O10P/c1-25-17-28-13-11(8-26-31(23,24)30-10-4-2-9(18)3-5-10)27-15(14(13)29-17)20-7-6-12(21)19-16(20)22/h2-7,11,13-15,17H,8H2,1H3,(H,23,24)(H,19,21,22)/t11-,13-,14-,15-,17?/m1/s1. The van der Waals surface area contributed by atoms with E-state index in [-0.39, 0.29) is 5.75 Å². The maximum Gasteiger partial charge on any atom is 0.527 e. The van der Waals surface area contributed by atoms with Gasteiger partial charge in [-0.1, -0.05) is 11.6 Å². The average molecular weight is 477 g/mol. The van der Waals surface area contributed by atoms with E-state index in [0.29, 0.717) is 5.02 Å². The fourth-order valence-electron chi connectivity index (χ4n) is 3.23. The van der Waals surface area contributed by atoms with Crippen molar-refractivity contribution in [3.63, 3.8) is 0 Å². The molecule has 4 rings (SSSR count). The van der Waals surface area contributed by atoms with E-state index in [9.17, 15) is 19.0 Å². The highest BCUT2D eigenvalue weighted by molar-refractivity contribution is 7.47. The highest BCUT2D eigenvalue weighted by Gasteiger charge is 2.54. The van der Waals surface area contributed by atoms with Crippen molar-refractivity contribution in [1.29, 1.82) is 0 Å². The van der Waals surface area contributed by atoms with Crippen LogP contribution < -0.4 is 15.8 Å². The summed E-state index contributed by atoms with van der Waals surface area (Å²) in [6, 6.07) is 6.94. The SMILES string of the molecule is COC1O[C@@H]2[C@H](O1)[C@@H](COP(=O)(O)Oc1ccc(Cl)cc1)O[C@H]2n1ccc(=O)[nH]c1=O. The Labute approximate surface area is 179 Å². The zero-order valence-electron chi connectivity index (χ0n) is 16.0. The van der Waals surface area contributed by atoms with Crippen molar-refractivity contribution in [1.82, 2.24) is 9.55 Å². The normalized spacial score (nSPS) is 29.5. The third-order valence-corrected chi connectivity index (χ3v) is 5.74. The van der Waals surface area contributed by atoms with Crippen LogP contribution in [-0.2, 0) is 28.0 Å². The summed E-state index contributed by atoms with van der Waals surface area (Å²) in [6.45, 7) is -1.45. The molecule has 1 aromatic carbocycles. The highest BCUT2D eigenvalue weighted by atomic mass is 35.5. The van der Waals surface area contributed by atoms with E-state index < -0.39 is 56.7 Å². The summed E-state index contributed by atoms with van der Waals surface area (Å²) in [5.41, 5.74) is -1.30. The molecule has 14 heteroatoms. The van der Waals surface area contributed by atoms with Crippen molar-refractivity contribution in [2.45, 2.75) is 31.0 Å². The number of hydrogen-bond acceptors (Lipinski definition) is 9. The van der Waals surface area contributed by atoms with E-state index >= 15 is 0 Å². The molecule has 0 bridgehead atoms. The van der Waals surface area contributed by atoms with Gasteiger partial charge in [0, 0.05) is 24.4 Å². The molecule has 0 aliphatic carbocycles. The van der Waals surface area contributed by atoms with Crippen LogP contribution in [0.3, 0.4) is 0 Å². The third kappa shape index (κ3) is 4.92. The minimum absolute atomic E-state index is 0.0815. The smallest absolute Gasteiger partial charge is 0.404 e. The average Bonchev–Trinajstić information content (AvgIpc) is 3.28. The molecule has 1 aromatic heterocycles. The molecule has 2 saturated heterocycles. The van der Waals surface area contributed by atoms with Gasteiger partial charge in [0.05, 0.1) is 6.61 Å². The molecule has 12 nitrogen and oxygen atoms in total. The molecular formula is C17H18ClN2O10P. The van der Waals surface area contributed by atoms with Crippen LogP contribution in [0.15, 0.2) is 46.1 Å². The van der Waals surface area contributed by atoms with Gasteiger partial charge in [-0.05, 0) is 24.3 Å². The first kappa shape index (κ1) is 22.2. The van der Waals surface area contributed by atoms with Crippen molar-refractivity contribution >= 4 is 19.4 Å². The zero-order valence-corrected chi connectivity index (χ0v) is 17.6. The number of aromatic amines is 1. The van der Waals surface area contributed by atoms with Gasteiger partial charge in [0.2, 0.25) is 0 Å². The van der Waals surface area contributed by atoms with Gasteiger partial charge in [0.15, 0.2) is 6.23 Å². The van der Waals surface area contributed by atoms with Gasteiger partial charge in [0.1, 0.15) is 24.1 Å². The first-order valence-corrected chi connectivity index (χ1v) is 10.9. The maximum absolute atomic E-state index is 12.3. The summed E-state index contributed by atoms with van der Waals surface area (Å²) < 4.78 is 45.5. The Morgan fingerprint density at radius 2 is 1.87 bits per heavy atom. The van der Waals surface area contributed by atoms with E-state index in [0.717, 1.165) is 10.6 Å². The number of nitrogens with zero attached hydrogens (tertiary/aromatic N) is 1. The number of methoxy groups -OCH3 is 1. The quantitative estimate of drug-likeness (QED) is 0.554. The molecule has 2 aliphatic heterocycles. The Kier molecular flexibility index (Phi) is 6.33. The van der Waals surface area contributed by atoms with E-state index in [1.54, 1.807) is 0 Å². The summed E-state index contributed by atoms with van der Waals surface area (Å²) >= 11 is 5.77. The summed E-state index contributed by atoms with van der Waals surface area (Å²) in [5.74, 6) is 0.0815.